The molecule has 0 aliphatic rings. The van der Waals surface area contributed by atoms with Crippen LogP contribution in [0.1, 0.15) is 5.56 Å². The molecule has 1 aromatic carbocycles. The summed E-state index contributed by atoms with van der Waals surface area (Å²) < 4.78 is 18.4. The number of hydrogen-bond acceptors (Lipinski definition) is 5. The van der Waals surface area contributed by atoms with Crippen molar-refractivity contribution in [3.8, 4) is 5.88 Å². The molecule has 0 radical (unpaired) electrons. The molecular weight excluding hydrogens is 335 g/mol. The standard InChI is InChI=1S/C11H8BrFN4O3/c1-20-11-8(5-15-16-11)14-4-6-9(17(18)19)3-2-7(13)10(6)12/h2-5H,1H3,(H,15,16). The highest BCUT2D eigenvalue weighted by molar-refractivity contribution is 9.10. The van der Waals surface area contributed by atoms with E-state index in [2.05, 4.69) is 31.1 Å². The summed E-state index contributed by atoms with van der Waals surface area (Å²) in [4.78, 5) is 14.3. The van der Waals surface area contributed by atoms with E-state index in [-0.39, 0.29) is 15.7 Å². The van der Waals surface area contributed by atoms with Gasteiger partial charge in [-0.1, -0.05) is 0 Å². The first-order valence-corrected chi connectivity index (χ1v) is 6.07. The molecule has 0 aliphatic heterocycles. The van der Waals surface area contributed by atoms with Crippen molar-refractivity contribution in [2.45, 2.75) is 0 Å². The van der Waals surface area contributed by atoms with Crippen molar-refractivity contribution < 1.29 is 14.1 Å². The van der Waals surface area contributed by atoms with E-state index in [1.165, 1.54) is 19.5 Å². The Kier molecular flexibility index (Phi) is 4.08. The van der Waals surface area contributed by atoms with Crippen LogP contribution in [-0.4, -0.2) is 28.4 Å². The summed E-state index contributed by atoms with van der Waals surface area (Å²) >= 11 is 2.97. The fraction of sp³-hybridized carbons (Fsp3) is 0.0909. The number of benzene rings is 1. The van der Waals surface area contributed by atoms with Crippen LogP contribution in [0.15, 0.2) is 27.8 Å². The minimum atomic E-state index is -0.615. The minimum Gasteiger partial charge on any atom is -0.480 e. The third-order valence-electron chi connectivity index (χ3n) is 2.43. The summed E-state index contributed by atoms with van der Waals surface area (Å²) in [6, 6.07) is 2.09. The number of halogens is 2. The van der Waals surface area contributed by atoms with Crippen LogP contribution in [0.3, 0.4) is 0 Å². The van der Waals surface area contributed by atoms with Crippen LogP contribution in [0.25, 0.3) is 0 Å². The van der Waals surface area contributed by atoms with Gasteiger partial charge in [0.25, 0.3) is 5.69 Å². The molecule has 2 rings (SSSR count). The average molecular weight is 343 g/mol. The maximum Gasteiger partial charge on any atom is 0.279 e. The van der Waals surface area contributed by atoms with Gasteiger partial charge in [0.1, 0.15) is 11.5 Å². The third kappa shape index (κ3) is 2.67. The Balaban J connectivity index is 2.47. The number of methoxy groups -OCH3 is 1. The predicted octanol–water partition coefficient (Wildman–Crippen LogP) is 2.98. The van der Waals surface area contributed by atoms with Crippen molar-refractivity contribution in [2.24, 2.45) is 4.99 Å². The summed E-state index contributed by atoms with van der Waals surface area (Å²) in [5.41, 5.74) is 0.112. The van der Waals surface area contributed by atoms with Crippen LogP contribution in [0.4, 0.5) is 15.8 Å². The molecule has 1 N–H and O–H groups in total. The van der Waals surface area contributed by atoms with Crippen molar-refractivity contribution in [2.75, 3.05) is 7.11 Å². The lowest BCUT2D eigenvalue weighted by atomic mass is 10.2. The molecule has 0 fully saturated rings. The fourth-order valence-electron chi connectivity index (χ4n) is 1.48. The normalized spacial score (nSPS) is 10.9. The third-order valence-corrected chi connectivity index (χ3v) is 3.23. The van der Waals surface area contributed by atoms with E-state index in [0.717, 1.165) is 12.1 Å². The molecule has 7 nitrogen and oxygen atoms in total. The molecule has 2 aromatic rings. The summed E-state index contributed by atoms with van der Waals surface area (Å²) in [7, 11) is 1.42. The number of hydrogen-bond donors (Lipinski definition) is 1. The van der Waals surface area contributed by atoms with Gasteiger partial charge in [-0.25, -0.2) is 14.5 Å². The topological polar surface area (TPSA) is 93.4 Å². The Morgan fingerprint density at radius 1 is 1.60 bits per heavy atom. The van der Waals surface area contributed by atoms with Gasteiger partial charge in [0, 0.05) is 12.3 Å². The van der Waals surface area contributed by atoms with Crippen LogP contribution >= 0.6 is 15.9 Å². The van der Waals surface area contributed by atoms with E-state index in [9.17, 15) is 14.5 Å². The van der Waals surface area contributed by atoms with Gasteiger partial charge >= 0.3 is 0 Å². The minimum absolute atomic E-state index is 0.0262. The van der Waals surface area contributed by atoms with Gasteiger partial charge in [0.05, 0.1) is 28.3 Å². The monoisotopic (exact) mass is 342 g/mol. The fourth-order valence-corrected chi connectivity index (χ4v) is 1.92. The first-order chi connectivity index (χ1) is 9.54. The van der Waals surface area contributed by atoms with Gasteiger partial charge in [-0.15, -0.1) is 0 Å². The molecule has 1 aromatic heterocycles. The molecule has 0 bridgehead atoms. The number of nitro benzene ring substituents is 1. The smallest absolute Gasteiger partial charge is 0.279 e. The second kappa shape index (κ2) is 5.78. The van der Waals surface area contributed by atoms with Gasteiger partial charge in [-0.2, -0.15) is 5.10 Å². The van der Waals surface area contributed by atoms with E-state index in [1.54, 1.807) is 0 Å². The molecule has 0 saturated carbocycles. The van der Waals surface area contributed by atoms with E-state index in [0.29, 0.717) is 11.6 Å². The molecule has 0 spiro atoms. The molecule has 20 heavy (non-hydrogen) atoms. The zero-order valence-corrected chi connectivity index (χ0v) is 11.7. The molecule has 0 amide bonds. The van der Waals surface area contributed by atoms with E-state index in [1.807, 2.05) is 0 Å². The predicted molar refractivity (Wildman–Crippen MR) is 73.1 cm³/mol. The summed E-state index contributed by atoms with van der Waals surface area (Å²) in [6.07, 6.45) is 2.56. The zero-order valence-electron chi connectivity index (χ0n) is 10.1. The van der Waals surface area contributed by atoms with Crippen LogP contribution in [0.5, 0.6) is 5.88 Å². The highest BCUT2D eigenvalue weighted by atomic mass is 79.9. The van der Waals surface area contributed by atoms with Crippen molar-refractivity contribution >= 4 is 33.5 Å². The van der Waals surface area contributed by atoms with Crippen LogP contribution in [0, 0.1) is 15.9 Å². The first kappa shape index (κ1) is 14.1. The van der Waals surface area contributed by atoms with Gasteiger partial charge in [-0.05, 0) is 22.0 Å². The van der Waals surface area contributed by atoms with E-state index < -0.39 is 10.7 Å². The van der Waals surface area contributed by atoms with E-state index >= 15 is 0 Å². The Bertz CT molecular complexity index is 686. The number of H-pyrrole nitrogens is 1. The second-order valence-corrected chi connectivity index (χ2v) is 4.39. The van der Waals surface area contributed by atoms with E-state index in [4.69, 9.17) is 4.74 Å². The maximum atomic E-state index is 13.5. The Morgan fingerprint density at radius 3 is 3.00 bits per heavy atom. The summed E-state index contributed by atoms with van der Waals surface area (Å²) in [5.74, 6) is -0.312. The highest BCUT2D eigenvalue weighted by Gasteiger charge is 2.18. The lowest BCUT2D eigenvalue weighted by Gasteiger charge is -2.01. The Morgan fingerprint density at radius 2 is 2.35 bits per heavy atom. The average Bonchev–Trinajstić information content (AvgIpc) is 2.87. The lowest BCUT2D eigenvalue weighted by molar-refractivity contribution is -0.385. The Hall–Kier alpha value is -2.29. The Labute approximate surface area is 120 Å². The van der Waals surface area contributed by atoms with Crippen LogP contribution in [0.2, 0.25) is 0 Å². The molecule has 0 atom stereocenters. The lowest BCUT2D eigenvalue weighted by Crippen LogP contribution is -1.97. The number of aromatic nitrogens is 2. The number of ether oxygens (including phenoxy) is 1. The van der Waals surface area contributed by atoms with Gasteiger partial charge < -0.3 is 4.74 Å². The number of nitrogens with one attached hydrogen (secondary N) is 1. The zero-order chi connectivity index (χ0) is 14.7. The number of aromatic amines is 1. The molecule has 0 unspecified atom stereocenters. The quantitative estimate of drug-likeness (QED) is 0.525. The molecule has 0 aliphatic carbocycles. The van der Waals surface area contributed by atoms with Crippen molar-refractivity contribution in [3.05, 3.63) is 44.3 Å². The summed E-state index contributed by atoms with van der Waals surface area (Å²) in [5, 5.41) is 17.2. The molecule has 0 saturated heterocycles. The van der Waals surface area contributed by atoms with Crippen LogP contribution in [-0.2, 0) is 0 Å². The highest BCUT2D eigenvalue weighted by Crippen LogP contribution is 2.29. The maximum absolute atomic E-state index is 13.5. The van der Waals surface area contributed by atoms with Crippen molar-refractivity contribution in [1.82, 2.24) is 10.2 Å². The van der Waals surface area contributed by atoms with Crippen molar-refractivity contribution in [3.63, 3.8) is 0 Å². The first-order valence-electron chi connectivity index (χ1n) is 5.28. The number of nitro groups is 1. The van der Waals surface area contributed by atoms with Crippen molar-refractivity contribution in [1.29, 1.82) is 0 Å². The number of rotatable bonds is 4. The largest absolute Gasteiger partial charge is 0.480 e. The SMILES string of the molecule is COc1[nH]ncc1N=Cc1c([N+](=O)[O-])ccc(F)c1Br. The van der Waals surface area contributed by atoms with Crippen LogP contribution < -0.4 is 4.74 Å². The number of aliphatic imine (C=N–C) groups is 1. The van der Waals surface area contributed by atoms with Gasteiger partial charge in [0.2, 0.25) is 5.88 Å². The molecule has 104 valence electrons. The number of nitrogens with zero attached hydrogens (tertiary/aromatic N) is 3. The summed E-state index contributed by atoms with van der Waals surface area (Å²) in [6.45, 7) is 0. The second-order valence-electron chi connectivity index (χ2n) is 3.60. The molecule has 1 heterocycles. The molecular formula is C11H8BrFN4O3. The molecule has 9 heteroatoms. The van der Waals surface area contributed by atoms with Gasteiger partial charge in [-0.3, -0.25) is 10.1 Å². The van der Waals surface area contributed by atoms with Gasteiger partial charge in [0.15, 0.2) is 0 Å².